The first-order valence-electron chi connectivity index (χ1n) is 8.19. The maximum atomic E-state index is 12.0. The van der Waals surface area contributed by atoms with Crippen molar-refractivity contribution in [3.05, 3.63) is 68.5 Å². The van der Waals surface area contributed by atoms with Crippen LogP contribution >= 0.6 is 11.6 Å². The Bertz CT molecular complexity index is 1010. The number of rotatable bonds is 7. The molecule has 0 N–H and O–H groups in total. The number of aromatic nitrogens is 1. The monoisotopic (exact) mass is 375 g/mol. The van der Waals surface area contributed by atoms with E-state index in [-0.39, 0.29) is 0 Å². The third-order valence-corrected chi connectivity index (χ3v) is 4.29. The van der Waals surface area contributed by atoms with E-state index in [1.807, 2.05) is 24.3 Å². The van der Waals surface area contributed by atoms with Gasteiger partial charge >= 0.3 is 11.4 Å². The van der Waals surface area contributed by atoms with Crippen molar-refractivity contribution in [2.45, 2.75) is 19.4 Å². The number of ether oxygens (including phenoxy) is 2. The molecular formula is C19H18ClNO5. The molecule has 0 spiro atoms. The third kappa shape index (κ3) is 3.91. The van der Waals surface area contributed by atoms with Gasteiger partial charge in [-0.05, 0) is 49.2 Å². The van der Waals surface area contributed by atoms with E-state index in [0.717, 1.165) is 17.9 Å². The number of nitrogens with zero attached hydrogens (tertiary/aromatic N) is 1. The molecule has 2 aromatic carbocycles. The summed E-state index contributed by atoms with van der Waals surface area (Å²) in [7, 11) is 1.61. The molecule has 0 aliphatic rings. The van der Waals surface area contributed by atoms with Crippen molar-refractivity contribution in [1.82, 2.24) is 4.57 Å². The molecule has 0 bridgehead atoms. The van der Waals surface area contributed by atoms with Gasteiger partial charge in [-0.3, -0.25) is 4.57 Å². The fourth-order valence-electron chi connectivity index (χ4n) is 2.67. The second-order valence-corrected chi connectivity index (χ2v) is 6.08. The second kappa shape index (κ2) is 8.10. The van der Waals surface area contributed by atoms with E-state index in [1.165, 1.54) is 4.57 Å². The van der Waals surface area contributed by atoms with Gasteiger partial charge in [0.25, 0.3) is 0 Å². The van der Waals surface area contributed by atoms with E-state index in [0.29, 0.717) is 35.5 Å². The highest BCUT2D eigenvalue weighted by Crippen LogP contribution is 2.20. The molecule has 0 aliphatic heterocycles. The van der Waals surface area contributed by atoms with Gasteiger partial charge in [0.05, 0.1) is 29.6 Å². The van der Waals surface area contributed by atoms with E-state index in [2.05, 4.69) is 0 Å². The molecule has 0 fully saturated rings. The predicted molar refractivity (Wildman–Crippen MR) is 99.5 cm³/mol. The van der Waals surface area contributed by atoms with Crippen molar-refractivity contribution in [2.75, 3.05) is 13.7 Å². The number of fused-ring (bicyclic) bond motifs is 1. The topological polar surface area (TPSA) is 70.7 Å². The van der Waals surface area contributed by atoms with Crippen LogP contribution in [-0.2, 0) is 6.54 Å². The smallest absolute Gasteiger partial charge is 0.422 e. The summed E-state index contributed by atoms with van der Waals surface area (Å²) in [5.41, 5.74) is -0.266. The SMILES string of the molecule is COc1ccc(OCCCCn2c(=O)oc(=O)c3cccc(Cl)c32)cc1. The number of halogens is 1. The molecule has 1 aromatic heterocycles. The van der Waals surface area contributed by atoms with E-state index in [4.69, 9.17) is 25.5 Å². The fraction of sp³-hybridized carbons (Fsp3) is 0.263. The Labute approximate surface area is 154 Å². The highest BCUT2D eigenvalue weighted by atomic mass is 35.5. The molecule has 0 unspecified atom stereocenters. The molecule has 1 heterocycles. The lowest BCUT2D eigenvalue weighted by molar-refractivity contribution is 0.300. The largest absolute Gasteiger partial charge is 0.497 e. The summed E-state index contributed by atoms with van der Waals surface area (Å²) in [6, 6.07) is 12.2. The number of benzene rings is 2. The van der Waals surface area contributed by atoms with Gasteiger partial charge in [0.15, 0.2) is 0 Å². The van der Waals surface area contributed by atoms with Crippen LogP contribution in [0, 0.1) is 0 Å². The summed E-state index contributed by atoms with van der Waals surface area (Å²) in [6.45, 7) is 0.887. The molecule has 3 aromatic rings. The molecule has 0 saturated heterocycles. The number of methoxy groups -OCH3 is 1. The van der Waals surface area contributed by atoms with Crippen LogP contribution in [0.4, 0.5) is 0 Å². The van der Waals surface area contributed by atoms with Gasteiger partial charge < -0.3 is 13.9 Å². The Kier molecular flexibility index (Phi) is 5.63. The van der Waals surface area contributed by atoms with E-state index in [1.54, 1.807) is 25.3 Å². The summed E-state index contributed by atoms with van der Waals surface area (Å²) in [5, 5.41) is 0.647. The Hall–Kier alpha value is -2.73. The zero-order chi connectivity index (χ0) is 18.5. The van der Waals surface area contributed by atoms with Gasteiger partial charge in [-0.1, -0.05) is 17.7 Å². The standard InChI is InChI=1S/C19H18ClNO5/c1-24-13-7-9-14(10-8-13)25-12-3-2-11-21-17-15(5-4-6-16(17)20)18(22)26-19(21)23/h4-10H,2-3,11-12H2,1H3. The number of unbranched alkanes of at least 4 members (excludes halogenated alkanes) is 1. The Morgan fingerprint density at radius 2 is 1.77 bits per heavy atom. The fourth-order valence-corrected chi connectivity index (χ4v) is 2.95. The van der Waals surface area contributed by atoms with Crippen molar-refractivity contribution in [2.24, 2.45) is 0 Å². The summed E-state index contributed by atoms with van der Waals surface area (Å²) in [4.78, 5) is 23.9. The molecule has 0 saturated carbocycles. The lowest BCUT2D eigenvalue weighted by Crippen LogP contribution is -2.25. The van der Waals surface area contributed by atoms with Crippen molar-refractivity contribution in [1.29, 1.82) is 0 Å². The minimum Gasteiger partial charge on any atom is -0.497 e. The molecule has 26 heavy (non-hydrogen) atoms. The molecule has 6 nitrogen and oxygen atoms in total. The summed E-state index contributed by atoms with van der Waals surface area (Å²) >= 11 is 6.18. The normalized spacial score (nSPS) is 10.8. The first-order chi connectivity index (χ1) is 12.6. The average molecular weight is 376 g/mol. The molecule has 0 radical (unpaired) electrons. The van der Waals surface area contributed by atoms with Crippen LogP contribution in [0.15, 0.2) is 56.5 Å². The summed E-state index contributed by atoms with van der Waals surface area (Å²) in [5.74, 6) is 0.819. The van der Waals surface area contributed by atoms with Crippen LogP contribution < -0.4 is 20.9 Å². The van der Waals surface area contributed by atoms with Crippen molar-refractivity contribution >= 4 is 22.5 Å². The molecule has 136 valence electrons. The van der Waals surface area contributed by atoms with Crippen molar-refractivity contribution < 1.29 is 13.9 Å². The van der Waals surface area contributed by atoms with E-state index >= 15 is 0 Å². The summed E-state index contributed by atoms with van der Waals surface area (Å²) in [6.07, 6.45) is 1.40. The number of aryl methyl sites for hydroxylation is 1. The molecule has 7 heteroatoms. The second-order valence-electron chi connectivity index (χ2n) is 5.67. The molecular weight excluding hydrogens is 358 g/mol. The molecule has 0 atom stereocenters. The zero-order valence-electron chi connectivity index (χ0n) is 14.2. The van der Waals surface area contributed by atoms with Crippen LogP contribution in [0.1, 0.15) is 12.8 Å². The van der Waals surface area contributed by atoms with Gasteiger partial charge in [-0.25, -0.2) is 9.59 Å². The van der Waals surface area contributed by atoms with Crippen LogP contribution in [0.2, 0.25) is 5.02 Å². The van der Waals surface area contributed by atoms with E-state index < -0.39 is 11.4 Å². The quantitative estimate of drug-likeness (QED) is 0.591. The first kappa shape index (κ1) is 18.1. The molecule has 0 amide bonds. The highest BCUT2D eigenvalue weighted by Gasteiger charge is 2.12. The van der Waals surface area contributed by atoms with Crippen LogP contribution in [0.3, 0.4) is 0 Å². The number of para-hydroxylation sites is 1. The maximum Gasteiger partial charge on any atom is 0.422 e. The lowest BCUT2D eigenvalue weighted by atomic mass is 10.2. The summed E-state index contributed by atoms with van der Waals surface area (Å²) < 4.78 is 16.9. The number of hydrogen-bond donors (Lipinski definition) is 0. The van der Waals surface area contributed by atoms with Gasteiger partial charge in [0, 0.05) is 6.54 Å². The number of hydrogen-bond acceptors (Lipinski definition) is 5. The van der Waals surface area contributed by atoms with Crippen molar-refractivity contribution in [3.63, 3.8) is 0 Å². The average Bonchev–Trinajstić information content (AvgIpc) is 2.64. The van der Waals surface area contributed by atoms with Crippen LogP contribution in [-0.4, -0.2) is 18.3 Å². The Balaban J connectivity index is 1.63. The molecule has 0 aliphatic carbocycles. The minimum atomic E-state index is -0.702. The minimum absolute atomic E-state index is 0.298. The predicted octanol–water partition coefficient (Wildman–Crippen LogP) is 3.48. The first-order valence-corrected chi connectivity index (χ1v) is 8.57. The van der Waals surface area contributed by atoms with Crippen LogP contribution in [0.25, 0.3) is 10.9 Å². The van der Waals surface area contributed by atoms with E-state index in [9.17, 15) is 9.59 Å². The highest BCUT2D eigenvalue weighted by molar-refractivity contribution is 6.35. The van der Waals surface area contributed by atoms with Crippen molar-refractivity contribution in [3.8, 4) is 11.5 Å². The zero-order valence-corrected chi connectivity index (χ0v) is 15.0. The maximum absolute atomic E-state index is 12.0. The molecule has 3 rings (SSSR count). The van der Waals surface area contributed by atoms with Gasteiger partial charge in [-0.2, -0.15) is 0 Å². The van der Waals surface area contributed by atoms with Gasteiger partial charge in [0.1, 0.15) is 11.5 Å². The van der Waals surface area contributed by atoms with Crippen LogP contribution in [0.5, 0.6) is 11.5 Å². The van der Waals surface area contributed by atoms with Gasteiger partial charge in [0.2, 0.25) is 0 Å². The third-order valence-electron chi connectivity index (χ3n) is 3.98. The van der Waals surface area contributed by atoms with Gasteiger partial charge in [-0.15, -0.1) is 0 Å². The Morgan fingerprint density at radius 3 is 2.50 bits per heavy atom. The Morgan fingerprint density at radius 1 is 1.04 bits per heavy atom. The lowest BCUT2D eigenvalue weighted by Gasteiger charge is -2.10.